The Balaban J connectivity index is 1.51. The molecule has 3 aromatic carbocycles. The summed E-state index contributed by atoms with van der Waals surface area (Å²) in [6, 6.07) is 23.0. The van der Waals surface area contributed by atoms with Crippen molar-refractivity contribution in [1.29, 1.82) is 0 Å². The average molecular weight is 496 g/mol. The van der Waals surface area contributed by atoms with Crippen molar-refractivity contribution in [3.8, 4) is 17.1 Å². The number of carbonyl (C=O) groups is 1. The number of benzene rings is 3. The Labute approximate surface area is 205 Å². The smallest absolute Gasteiger partial charge is 0.250 e. The van der Waals surface area contributed by atoms with E-state index in [0.29, 0.717) is 26.6 Å². The van der Waals surface area contributed by atoms with Gasteiger partial charge in [0.1, 0.15) is 0 Å². The van der Waals surface area contributed by atoms with Crippen molar-refractivity contribution >= 4 is 47.1 Å². The van der Waals surface area contributed by atoms with Gasteiger partial charge in [0.25, 0.3) is 5.91 Å². The molecule has 0 bridgehead atoms. The fourth-order valence-corrected chi connectivity index (χ4v) is 4.27. The monoisotopic (exact) mass is 495 g/mol. The van der Waals surface area contributed by atoms with Crippen LogP contribution in [0.3, 0.4) is 0 Å². The molecule has 1 heterocycles. The Kier molecular flexibility index (Phi) is 7.44. The van der Waals surface area contributed by atoms with E-state index in [1.165, 1.54) is 18.0 Å². The largest absolute Gasteiger partial charge is 0.272 e. The van der Waals surface area contributed by atoms with E-state index in [4.69, 9.17) is 23.2 Å². The van der Waals surface area contributed by atoms with Crippen LogP contribution in [-0.2, 0) is 4.79 Å². The molecule has 0 fully saturated rings. The number of halogens is 2. The van der Waals surface area contributed by atoms with E-state index >= 15 is 0 Å². The number of thioether (sulfide) groups is 1. The summed E-state index contributed by atoms with van der Waals surface area (Å²) in [5, 5.41) is 14.2. The van der Waals surface area contributed by atoms with Gasteiger partial charge in [-0.3, -0.25) is 9.36 Å². The van der Waals surface area contributed by atoms with Gasteiger partial charge < -0.3 is 0 Å². The topological polar surface area (TPSA) is 72.2 Å². The van der Waals surface area contributed by atoms with Gasteiger partial charge in [-0.15, -0.1) is 10.2 Å². The molecule has 0 radical (unpaired) electrons. The first-order chi connectivity index (χ1) is 16.0. The molecule has 4 aromatic rings. The molecule has 166 valence electrons. The van der Waals surface area contributed by atoms with E-state index < -0.39 is 0 Å². The lowest BCUT2D eigenvalue weighted by molar-refractivity contribution is -0.118. The lowest BCUT2D eigenvalue weighted by Gasteiger charge is -2.10. The van der Waals surface area contributed by atoms with E-state index in [-0.39, 0.29) is 11.7 Å². The first kappa shape index (κ1) is 23.0. The molecular formula is C24H19Cl2N5OS. The maximum Gasteiger partial charge on any atom is 0.250 e. The molecule has 0 aliphatic heterocycles. The van der Waals surface area contributed by atoms with Crippen LogP contribution in [0.15, 0.2) is 83.1 Å². The zero-order valence-electron chi connectivity index (χ0n) is 17.6. The number of amides is 1. The minimum absolute atomic E-state index is 0.104. The lowest BCUT2D eigenvalue weighted by Crippen LogP contribution is -2.20. The van der Waals surface area contributed by atoms with Crippen LogP contribution in [-0.4, -0.2) is 32.6 Å². The number of nitrogens with zero attached hydrogens (tertiary/aromatic N) is 4. The molecule has 6 nitrogen and oxygen atoms in total. The zero-order valence-corrected chi connectivity index (χ0v) is 19.9. The fraction of sp³-hybridized carbons (Fsp3) is 0.0833. The molecule has 33 heavy (non-hydrogen) atoms. The second-order valence-electron chi connectivity index (χ2n) is 7.06. The quantitative estimate of drug-likeness (QED) is 0.200. The summed E-state index contributed by atoms with van der Waals surface area (Å²) < 4.78 is 1.94. The van der Waals surface area contributed by atoms with E-state index in [9.17, 15) is 4.79 Å². The van der Waals surface area contributed by atoms with Crippen molar-refractivity contribution in [2.24, 2.45) is 5.10 Å². The fourth-order valence-electron chi connectivity index (χ4n) is 3.03. The summed E-state index contributed by atoms with van der Waals surface area (Å²) in [4.78, 5) is 12.4. The van der Waals surface area contributed by atoms with Crippen molar-refractivity contribution in [2.45, 2.75) is 12.1 Å². The van der Waals surface area contributed by atoms with E-state index in [0.717, 1.165) is 16.8 Å². The Hall–Kier alpha value is -3.13. The zero-order chi connectivity index (χ0) is 23.2. The summed E-state index contributed by atoms with van der Waals surface area (Å²) >= 11 is 13.5. The van der Waals surface area contributed by atoms with Crippen LogP contribution in [0.2, 0.25) is 10.0 Å². The second-order valence-corrected chi connectivity index (χ2v) is 8.82. The third-order valence-electron chi connectivity index (χ3n) is 4.67. The van der Waals surface area contributed by atoms with Gasteiger partial charge in [0.2, 0.25) is 0 Å². The number of hydrogen-bond donors (Lipinski definition) is 1. The number of aromatic nitrogens is 3. The summed E-state index contributed by atoms with van der Waals surface area (Å²) in [6.45, 7) is 2.03. The minimum atomic E-state index is -0.292. The van der Waals surface area contributed by atoms with Crippen LogP contribution in [0.25, 0.3) is 17.1 Å². The van der Waals surface area contributed by atoms with Crippen LogP contribution >= 0.6 is 35.0 Å². The Morgan fingerprint density at radius 1 is 1.00 bits per heavy atom. The van der Waals surface area contributed by atoms with Gasteiger partial charge in [-0.05, 0) is 31.2 Å². The summed E-state index contributed by atoms with van der Waals surface area (Å²) in [5.74, 6) is 0.514. The van der Waals surface area contributed by atoms with Gasteiger partial charge in [-0.25, -0.2) is 5.43 Å². The Morgan fingerprint density at radius 2 is 1.70 bits per heavy atom. The molecule has 0 aliphatic rings. The number of nitrogens with one attached hydrogen (secondary N) is 1. The number of aryl methyl sites for hydroxylation is 1. The molecule has 0 unspecified atom stereocenters. The first-order valence-electron chi connectivity index (χ1n) is 9.99. The van der Waals surface area contributed by atoms with Gasteiger partial charge in [0.15, 0.2) is 11.0 Å². The minimum Gasteiger partial charge on any atom is -0.272 e. The predicted molar refractivity (Wildman–Crippen MR) is 134 cm³/mol. The molecule has 1 aromatic heterocycles. The van der Waals surface area contributed by atoms with Crippen LogP contribution in [0.4, 0.5) is 0 Å². The SMILES string of the molecule is Cc1ccc(-n2c(SCC(=O)N/N=C/c3c(Cl)cccc3Cl)nnc2-c2ccccc2)cc1. The maximum absolute atomic E-state index is 12.4. The molecule has 0 aliphatic carbocycles. The highest BCUT2D eigenvalue weighted by Gasteiger charge is 2.17. The predicted octanol–water partition coefficient (Wildman–Crippen LogP) is 5.79. The van der Waals surface area contributed by atoms with Gasteiger partial charge in [0, 0.05) is 16.8 Å². The van der Waals surface area contributed by atoms with Crippen LogP contribution in [0, 0.1) is 6.92 Å². The Bertz CT molecular complexity index is 1270. The third-order valence-corrected chi connectivity index (χ3v) is 6.26. The first-order valence-corrected chi connectivity index (χ1v) is 11.7. The number of hydrazone groups is 1. The highest BCUT2D eigenvalue weighted by molar-refractivity contribution is 7.99. The van der Waals surface area contributed by atoms with Crippen molar-refractivity contribution in [1.82, 2.24) is 20.2 Å². The average Bonchev–Trinajstić information content (AvgIpc) is 3.25. The Morgan fingerprint density at radius 3 is 2.39 bits per heavy atom. The molecule has 4 rings (SSSR count). The molecule has 0 atom stereocenters. The number of rotatable bonds is 7. The second kappa shape index (κ2) is 10.7. The van der Waals surface area contributed by atoms with Gasteiger partial charge in [-0.2, -0.15) is 5.10 Å². The van der Waals surface area contributed by atoms with E-state index in [1.807, 2.05) is 66.1 Å². The number of carbonyl (C=O) groups excluding carboxylic acids is 1. The van der Waals surface area contributed by atoms with Gasteiger partial charge >= 0.3 is 0 Å². The van der Waals surface area contributed by atoms with Crippen molar-refractivity contribution < 1.29 is 4.79 Å². The highest BCUT2D eigenvalue weighted by Crippen LogP contribution is 2.28. The molecule has 1 N–H and O–H groups in total. The van der Waals surface area contributed by atoms with Crippen molar-refractivity contribution in [3.63, 3.8) is 0 Å². The van der Waals surface area contributed by atoms with E-state index in [2.05, 4.69) is 20.7 Å². The van der Waals surface area contributed by atoms with Crippen LogP contribution in [0.5, 0.6) is 0 Å². The lowest BCUT2D eigenvalue weighted by atomic mass is 10.2. The molecule has 0 spiro atoms. The van der Waals surface area contributed by atoms with E-state index in [1.54, 1.807) is 18.2 Å². The molecule has 0 saturated carbocycles. The molecule has 1 amide bonds. The maximum atomic E-state index is 12.4. The molecule has 0 saturated heterocycles. The van der Waals surface area contributed by atoms with Crippen LogP contribution < -0.4 is 5.43 Å². The van der Waals surface area contributed by atoms with Gasteiger partial charge in [0.05, 0.1) is 22.0 Å². The molecular weight excluding hydrogens is 477 g/mol. The highest BCUT2D eigenvalue weighted by atomic mass is 35.5. The number of hydrogen-bond acceptors (Lipinski definition) is 5. The summed E-state index contributed by atoms with van der Waals surface area (Å²) in [6.07, 6.45) is 1.43. The standard InChI is InChI=1S/C24H19Cl2N5OS/c1-16-10-12-18(13-11-16)31-23(17-6-3-2-4-7-17)29-30-24(31)33-15-22(32)28-27-14-19-20(25)8-5-9-21(19)26/h2-14H,15H2,1H3,(H,28,32)/b27-14+. The summed E-state index contributed by atoms with van der Waals surface area (Å²) in [7, 11) is 0. The summed E-state index contributed by atoms with van der Waals surface area (Å²) in [5.41, 5.74) is 6.04. The van der Waals surface area contributed by atoms with Crippen molar-refractivity contribution in [2.75, 3.05) is 5.75 Å². The normalized spacial score (nSPS) is 11.1. The third kappa shape index (κ3) is 5.63. The molecule has 9 heteroatoms. The van der Waals surface area contributed by atoms with Crippen LogP contribution in [0.1, 0.15) is 11.1 Å². The van der Waals surface area contributed by atoms with Gasteiger partial charge in [-0.1, -0.05) is 89.1 Å². The van der Waals surface area contributed by atoms with Crippen molar-refractivity contribution in [3.05, 3.63) is 94.0 Å².